The van der Waals surface area contributed by atoms with Crippen molar-refractivity contribution in [2.75, 3.05) is 6.54 Å². The summed E-state index contributed by atoms with van der Waals surface area (Å²) in [4.78, 5) is 0. The molecule has 2 rings (SSSR count). The Balaban J connectivity index is 2.07. The van der Waals surface area contributed by atoms with Gasteiger partial charge < -0.3 is 5.32 Å². The molecule has 0 unspecified atom stereocenters. The maximum atomic E-state index is 12.9. The fourth-order valence-corrected chi connectivity index (χ4v) is 1.90. The second kappa shape index (κ2) is 5.65. The molecule has 1 nitrogen and oxygen atoms in total. The highest BCUT2D eigenvalue weighted by Crippen LogP contribution is 2.22. The number of hydrogen-bond acceptors (Lipinski definition) is 1. The SMILES string of the molecule is CC/C(=C/c1ccc(F)cc1Cl)CNC1CC1. The van der Waals surface area contributed by atoms with Gasteiger partial charge in [0.2, 0.25) is 0 Å². The molecule has 0 amide bonds. The van der Waals surface area contributed by atoms with Crippen LogP contribution in [0.3, 0.4) is 0 Å². The molecule has 1 aliphatic carbocycles. The van der Waals surface area contributed by atoms with Crippen LogP contribution in [0.1, 0.15) is 31.7 Å². The maximum absolute atomic E-state index is 12.9. The second-order valence-corrected chi connectivity index (χ2v) is 4.88. The predicted molar refractivity (Wildman–Crippen MR) is 70.7 cm³/mol. The zero-order chi connectivity index (χ0) is 12.3. The molecule has 1 aliphatic rings. The summed E-state index contributed by atoms with van der Waals surface area (Å²) in [6.45, 7) is 3.02. The third-order valence-electron chi connectivity index (χ3n) is 2.97. The standard InChI is InChI=1S/C14H17ClFN/c1-2-10(9-17-13-5-6-13)7-11-3-4-12(16)8-14(11)15/h3-4,7-8,13,17H,2,5-6,9H2,1H3/b10-7-. The number of rotatable bonds is 5. The van der Waals surface area contributed by atoms with Crippen LogP contribution >= 0.6 is 11.6 Å². The van der Waals surface area contributed by atoms with Gasteiger partial charge in [-0.25, -0.2) is 4.39 Å². The monoisotopic (exact) mass is 253 g/mol. The Bertz CT molecular complexity index is 424. The molecule has 1 aromatic rings. The van der Waals surface area contributed by atoms with Crippen LogP contribution in [0.5, 0.6) is 0 Å². The summed E-state index contributed by atoms with van der Waals surface area (Å²) in [6.07, 6.45) is 5.60. The molecule has 92 valence electrons. The van der Waals surface area contributed by atoms with Crippen molar-refractivity contribution in [2.24, 2.45) is 0 Å². The van der Waals surface area contributed by atoms with E-state index in [4.69, 9.17) is 11.6 Å². The van der Waals surface area contributed by atoms with Gasteiger partial charge in [0.1, 0.15) is 5.82 Å². The minimum Gasteiger partial charge on any atom is -0.310 e. The van der Waals surface area contributed by atoms with E-state index in [1.54, 1.807) is 6.07 Å². The Hall–Kier alpha value is -0.860. The Morgan fingerprint density at radius 3 is 2.88 bits per heavy atom. The van der Waals surface area contributed by atoms with E-state index in [1.807, 2.05) is 0 Å². The largest absolute Gasteiger partial charge is 0.310 e. The minimum absolute atomic E-state index is 0.290. The molecule has 1 N–H and O–H groups in total. The van der Waals surface area contributed by atoms with Crippen LogP contribution in [0.25, 0.3) is 6.08 Å². The van der Waals surface area contributed by atoms with E-state index in [1.165, 1.54) is 30.5 Å². The Morgan fingerprint density at radius 1 is 1.53 bits per heavy atom. The van der Waals surface area contributed by atoms with Gasteiger partial charge in [0.25, 0.3) is 0 Å². The molecule has 1 saturated carbocycles. The highest BCUT2D eigenvalue weighted by molar-refractivity contribution is 6.32. The van der Waals surface area contributed by atoms with Crippen LogP contribution in [0.2, 0.25) is 5.02 Å². The summed E-state index contributed by atoms with van der Waals surface area (Å²) in [6, 6.07) is 5.23. The molecule has 0 radical (unpaired) electrons. The van der Waals surface area contributed by atoms with Crippen molar-refractivity contribution >= 4 is 17.7 Å². The van der Waals surface area contributed by atoms with Crippen molar-refractivity contribution in [3.63, 3.8) is 0 Å². The number of halogens is 2. The normalized spacial score (nSPS) is 16.3. The third kappa shape index (κ3) is 3.83. The van der Waals surface area contributed by atoms with Crippen molar-refractivity contribution in [3.8, 4) is 0 Å². The highest BCUT2D eigenvalue weighted by Gasteiger charge is 2.20. The average Bonchev–Trinajstić information content (AvgIpc) is 3.11. The molecule has 0 saturated heterocycles. The third-order valence-corrected chi connectivity index (χ3v) is 3.30. The summed E-state index contributed by atoms with van der Waals surface area (Å²) < 4.78 is 12.9. The van der Waals surface area contributed by atoms with Crippen LogP contribution in [0, 0.1) is 5.82 Å². The zero-order valence-corrected chi connectivity index (χ0v) is 10.7. The number of benzene rings is 1. The van der Waals surface area contributed by atoms with Crippen molar-refractivity contribution in [2.45, 2.75) is 32.2 Å². The molecule has 1 fully saturated rings. The van der Waals surface area contributed by atoms with Crippen LogP contribution < -0.4 is 5.32 Å². The van der Waals surface area contributed by atoms with Gasteiger partial charge in [-0.05, 0) is 37.0 Å². The Kier molecular flexibility index (Phi) is 4.19. The van der Waals surface area contributed by atoms with Crippen LogP contribution in [0.4, 0.5) is 4.39 Å². The van der Waals surface area contributed by atoms with Crippen LogP contribution in [-0.2, 0) is 0 Å². The van der Waals surface area contributed by atoms with Crippen molar-refractivity contribution in [1.29, 1.82) is 0 Å². The van der Waals surface area contributed by atoms with E-state index >= 15 is 0 Å². The molecule has 0 bridgehead atoms. The molecular formula is C14H17ClFN. The quantitative estimate of drug-likeness (QED) is 0.836. The number of hydrogen-bond donors (Lipinski definition) is 1. The molecule has 0 atom stereocenters. The fraction of sp³-hybridized carbons (Fsp3) is 0.429. The van der Waals surface area contributed by atoms with Crippen molar-refractivity contribution in [1.82, 2.24) is 5.32 Å². The zero-order valence-electron chi connectivity index (χ0n) is 9.97. The van der Waals surface area contributed by atoms with Crippen LogP contribution in [0.15, 0.2) is 23.8 Å². The first-order valence-electron chi connectivity index (χ1n) is 6.07. The van der Waals surface area contributed by atoms with E-state index in [0.717, 1.165) is 18.5 Å². The van der Waals surface area contributed by atoms with E-state index in [-0.39, 0.29) is 5.82 Å². The molecule has 0 aliphatic heterocycles. The van der Waals surface area contributed by atoms with E-state index in [9.17, 15) is 4.39 Å². The molecule has 17 heavy (non-hydrogen) atoms. The van der Waals surface area contributed by atoms with E-state index < -0.39 is 0 Å². The summed E-state index contributed by atoms with van der Waals surface area (Å²) in [5, 5.41) is 3.95. The Morgan fingerprint density at radius 2 is 2.29 bits per heavy atom. The molecule has 1 aromatic carbocycles. The van der Waals surface area contributed by atoms with E-state index in [0.29, 0.717) is 11.1 Å². The van der Waals surface area contributed by atoms with Gasteiger partial charge in [0, 0.05) is 12.6 Å². The topological polar surface area (TPSA) is 12.0 Å². The summed E-state index contributed by atoms with van der Waals surface area (Å²) >= 11 is 6.00. The maximum Gasteiger partial charge on any atom is 0.124 e. The lowest BCUT2D eigenvalue weighted by atomic mass is 10.1. The minimum atomic E-state index is -0.290. The first-order valence-corrected chi connectivity index (χ1v) is 6.44. The lowest BCUT2D eigenvalue weighted by Gasteiger charge is -2.07. The molecule has 0 spiro atoms. The first-order chi connectivity index (χ1) is 8.19. The molecular weight excluding hydrogens is 237 g/mol. The smallest absolute Gasteiger partial charge is 0.124 e. The lowest BCUT2D eigenvalue weighted by Crippen LogP contribution is -2.18. The highest BCUT2D eigenvalue weighted by atomic mass is 35.5. The van der Waals surface area contributed by atoms with Gasteiger partial charge in [-0.1, -0.05) is 36.2 Å². The first kappa shape index (κ1) is 12.6. The van der Waals surface area contributed by atoms with E-state index in [2.05, 4.69) is 18.3 Å². The van der Waals surface area contributed by atoms with Crippen molar-refractivity contribution in [3.05, 3.63) is 40.2 Å². The fourth-order valence-electron chi connectivity index (χ4n) is 1.68. The summed E-state index contributed by atoms with van der Waals surface area (Å²) in [5.41, 5.74) is 2.19. The lowest BCUT2D eigenvalue weighted by molar-refractivity contribution is 0.628. The number of nitrogens with one attached hydrogen (secondary N) is 1. The Labute approximate surface area is 107 Å². The summed E-state index contributed by atoms with van der Waals surface area (Å²) in [5.74, 6) is -0.290. The molecule has 0 heterocycles. The van der Waals surface area contributed by atoms with Gasteiger partial charge in [-0.15, -0.1) is 0 Å². The summed E-state index contributed by atoms with van der Waals surface area (Å²) in [7, 11) is 0. The van der Waals surface area contributed by atoms with Gasteiger partial charge in [0.15, 0.2) is 0 Å². The van der Waals surface area contributed by atoms with Gasteiger partial charge >= 0.3 is 0 Å². The molecule has 3 heteroatoms. The van der Waals surface area contributed by atoms with Gasteiger partial charge in [-0.3, -0.25) is 0 Å². The van der Waals surface area contributed by atoms with Crippen molar-refractivity contribution < 1.29 is 4.39 Å². The van der Waals surface area contributed by atoms with Gasteiger partial charge in [-0.2, -0.15) is 0 Å². The average molecular weight is 254 g/mol. The predicted octanol–water partition coefficient (Wildman–Crippen LogP) is 4.02. The molecule has 0 aromatic heterocycles. The van der Waals surface area contributed by atoms with Crippen LogP contribution in [-0.4, -0.2) is 12.6 Å². The second-order valence-electron chi connectivity index (χ2n) is 4.48. The van der Waals surface area contributed by atoms with Gasteiger partial charge in [0.05, 0.1) is 5.02 Å².